The highest BCUT2D eigenvalue weighted by molar-refractivity contribution is 5.92. The van der Waals surface area contributed by atoms with E-state index in [1.54, 1.807) is 6.07 Å². The van der Waals surface area contributed by atoms with Gasteiger partial charge >= 0.3 is 5.97 Å². The van der Waals surface area contributed by atoms with E-state index in [1.807, 2.05) is 37.3 Å². The summed E-state index contributed by atoms with van der Waals surface area (Å²) in [5.74, 6) is -0.313. The molecule has 0 spiro atoms. The van der Waals surface area contributed by atoms with Crippen molar-refractivity contribution in [1.29, 1.82) is 0 Å². The molecule has 0 radical (unpaired) electrons. The molecule has 0 N–H and O–H groups in total. The topological polar surface area (TPSA) is 39.2 Å². The molecule has 3 heteroatoms. The van der Waals surface area contributed by atoms with Crippen LogP contribution in [0.1, 0.15) is 21.5 Å². The molecule has 0 aliphatic heterocycles. The third-order valence-corrected chi connectivity index (χ3v) is 3.82. The van der Waals surface area contributed by atoms with Crippen LogP contribution in [0, 0.1) is 13.8 Å². The highest BCUT2D eigenvalue weighted by Crippen LogP contribution is 2.27. The Bertz CT molecular complexity index is 868. The summed E-state index contributed by atoms with van der Waals surface area (Å²) in [4.78, 5) is 16.5. The average molecular weight is 291 g/mol. The molecule has 0 bridgehead atoms. The standard InChI is InChI=1S/C19H17NO2/c1-12-10-15(8-9-16(12)19(21)22-3)18-13(2)11-14-6-4-5-7-17(14)20-18/h4-11H,1-3H3. The van der Waals surface area contributed by atoms with E-state index in [4.69, 9.17) is 9.72 Å². The Labute approximate surface area is 129 Å². The highest BCUT2D eigenvalue weighted by atomic mass is 16.5. The Morgan fingerprint density at radius 3 is 2.50 bits per heavy atom. The minimum Gasteiger partial charge on any atom is -0.465 e. The summed E-state index contributed by atoms with van der Waals surface area (Å²) < 4.78 is 4.79. The second kappa shape index (κ2) is 5.60. The molecule has 0 unspecified atom stereocenters. The number of rotatable bonds is 2. The molecule has 0 aliphatic carbocycles. The molecule has 0 amide bonds. The number of aryl methyl sites for hydroxylation is 2. The number of esters is 1. The van der Waals surface area contributed by atoms with Crippen LogP contribution in [0.15, 0.2) is 48.5 Å². The molecule has 3 aromatic rings. The smallest absolute Gasteiger partial charge is 0.338 e. The molecule has 0 saturated carbocycles. The number of aromatic nitrogens is 1. The minimum atomic E-state index is -0.313. The Kier molecular flexibility index (Phi) is 3.63. The zero-order valence-electron chi connectivity index (χ0n) is 12.9. The van der Waals surface area contributed by atoms with Gasteiger partial charge in [0.05, 0.1) is 23.9 Å². The van der Waals surface area contributed by atoms with Gasteiger partial charge in [-0.25, -0.2) is 9.78 Å². The molecular weight excluding hydrogens is 274 g/mol. The quantitative estimate of drug-likeness (QED) is 0.661. The third kappa shape index (κ3) is 2.46. The normalized spacial score (nSPS) is 10.7. The lowest BCUT2D eigenvalue weighted by Gasteiger charge is -2.10. The second-order valence-electron chi connectivity index (χ2n) is 5.37. The lowest BCUT2D eigenvalue weighted by molar-refractivity contribution is 0.0600. The van der Waals surface area contributed by atoms with Crippen LogP contribution < -0.4 is 0 Å². The maximum Gasteiger partial charge on any atom is 0.338 e. The number of carbonyl (C=O) groups excluding carboxylic acids is 1. The van der Waals surface area contributed by atoms with E-state index in [0.29, 0.717) is 5.56 Å². The van der Waals surface area contributed by atoms with E-state index in [2.05, 4.69) is 19.1 Å². The molecule has 3 rings (SSSR count). The number of methoxy groups -OCH3 is 1. The van der Waals surface area contributed by atoms with E-state index in [-0.39, 0.29) is 5.97 Å². The van der Waals surface area contributed by atoms with E-state index < -0.39 is 0 Å². The van der Waals surface area contributed by atoms with Gasteiger partial charge in [-0.2, -0.15) is 0 Å². The van der Waals surface area contributed by atoms with Gasteiger partial charge < -0.3 is 4.74 Å². The molecule has 110 valence electrons. The first-order valence-corrected chi connectivity index (χ1v) is 7.16. The molecule has 3 nitrogen and oxygen atoms in total. The number of pyridine rings is 1. The lowest BCUT2D eigenvalue weighted by atomic mass is 9.99. The van der Waals surface area contributed by atoms with Crippen LogP contribution in [0.25, 0.3) is 22.2 Å². The number of ether oxygens (including phenoxy) is 1. The molecular formula is C19H17NO2. The predicted octanol–water partition coefficient (Wildman–Crippen LogP) is 4.31. The summed E-state index contributed by atoms with van der Waals surface area (Å²) in [6.45, 7) is 3.96. The van der Waals surface area contributed by atoms with Crippen LogP contribution in [-0.2, 0) is 4.74 Å². The fourth-order valence-corrected chi connectivity index (χ4v) is 2.66. The van der Waals surface area contributed by atoms with Crippen LogP contribution in [0.3, 0.4) is 0 Å². The number of hydrogen-bond acceptors (Lipinski definition) is 3. The SMILES string of the molecule is COC(=O)c1ccc(-c2nc3ccccc3cc2C)cc1C. The van der Waals surface area contributed by atoms with E-state index in [0.717, 1.165) is 33.3 Å². The van der Waals surface area contributed by atoms with Crippen molar-refractivity contribution in [3.63, 3.8) is 0 Å². The number of carbonyl (C=O) groups is 1. The first kappa shape index (κ1) is 14.3. The highest BCUT2D eigenvalue weighted by Gasteiger charge is 2.12. The lowest BCUT2D eigenvalue weighted by Crippen LogP contribution is -2.03. The number of benzene rings is 2. The number of para-hydroxylation sites is 1. The van der Waals surface area contributed by atoms with Gasteiger partial charge in [-0.3, -0.25) is 0 Å². The summed E-state index contributed by atoms with van der Waals surface area (Å²) >= 11 is 0. The van der Waals surface area contributed by atoms with Gasteiger partial charge in [-0.05, 0) is 49.2 Å². The van der Waals surface area contributed by atoms with Crippen molar-refractivity contribution < 1.29 is 9.53 Å². The Balaban J connectivity index is 2.13. The van der Waals surface area contributed by atoms with E-state index >= 15 is 0 Å². The summed E-state index contributed by atoms with van der Waals surface area (Å²) in [6.07, 6.45) is 0. The molecule has 1 aromatic heterocycles. The monoisotopic (exact) mass is 291 g/mol. The van der Waals surface area contributed by atoms with Crippen molar-refractivity contribution in [2.45, 2.75) is 13.8 Å². The van der Waals surface area contributed by atoms with Crippen LogP contribution in [0.5, 0.6) is 0 Å². The fraction of sp³-hybridized carbons (Fsp3) is 0.158. The van der Waals surface area contributed by atoms with Crippen molar-refractivity contribution in [3.05, 3.63) is 65.2 Å². The van der Waals surface area contributed by atoms with Gasteiger partial charge in [0.15, 0.2) is 0 Å². The van der Waals surface area contributed by atoms with Crippen molar-refractivity contribution in [1.82, 2.24) is 4.98 Å². The summed E-state index contributed by atoms with van der Waals surface area (Å²) in [5, 5.41) is 1.13. The maximum absolute atomic E-state index is 11.7. The van der Waals surface area contributed by atoms with Crippen molar-refractivity contribution >= 4 is 16.9 Å². The minimum absolute atomic E-state index is 0.313. The number of nitrogens with zero attached hydrogens (tertiary/aromatic N) is 1. The van der Waals surface area contributed by atoms with Crippen LogP contribution in [-0.4, -0.2) is 18.1 Å². The first-order valence-electron chi connectivity index (χ1n) is 7.16. The fourth-order valence-electron chi connectivity index (χ4n) is 2.66. The van der Waals surface area contributed by atoms with Gasteiger partial charge in [-0.1, -0.05) is 24.3 Å². The van der Waals surface area contributed by atoms with Crippen LogP contribution in [0.4, 0.5) is 0 Å². The molecule has 22 heavy (non-hydrogen) atoms. The first-order chi connectivity index (χ1) is 10.6. The van der Waals surface area contributed by atoms with Crippen LogP contribution >= 0.6 is 0 Å². The summed E-state index contributed by atoms with van der Waals surface area (Å²) in [6, 6.07) is 15.9. The van der Waals surface area contributed by atoms with Crippen molar-refractivity contribution in [2.24, 2.45) is 0 Å². The molecule has 0 fully saturated rings. The van der Waals surface area contributed by atoms with Gasteiger partial charge in [0, 0.05) is 10.9 Å². The second-order valence-corrected chi connectivity index (χ2v) is 5.37. The van der Waals surface area contributed by atoms with Gasteiger partial charge in [0.2, 0.25) is 0 Å². The molecule has 0 aliphatic rings. The Morgan fingerprint density at radius 1 is 1.00 bits per heavy atom. The number of hydrogen-bond donors (Lipinski definition) is 0. The largest absolute Gasteiger partial charge is 0.465 e. The molecule has 1 heterocycles. The van der Waals surface area contributed by atoms with Gasteiger partial charge in [0.25, 0.3) is 0 Å². The van der Waals surface area contributed by atoms with Crippen molar-refractivity contribution in [2.75, 3.05) is 7.11 Å². The Hall–Kier alpha value is -2.68. The zero-order chi connectivity index (χ0) is 15.7. The maximum atomic E-state index is 11.7. The van der Waals surface area contributed by atoms with Crippen molar-refractivity contribution in [3.8, 4) is 11.3 Å². The summed E-state index contributed by atoms with van der Waals surface area (Å²) in [7, 11) is 1.39. The van der Waals surface area contributed by atoms with Crippen LogP contribution in [0.2, 0.25) is 0 Å². The van der Waals surface area contributed by atoms with E-state index in [9.17, 15) is 4.79 Å². The number of fused-ring (bicyclic) bond motifs is 1. The average Bonchev–Trinajstić information content (AvgIpc) is 2.53. The molecule has 0 saturated heterocycles. The Morgan fingerprint density at radius 2 is 1.77 bits per heavy atom. The predicted molar refractivity (Wildman–Crippen MR) is 88.0 cm³/mol. The molecule has 0 atom stereocenters. The van der Waals surface area contributed by atoms with E-state index in [1.165, 1.54) is 7.11 Å². The third-order valence-electron chi connectivity index (χ3n) is 3.82. The van der Waals surface area contributed by atoms with Gasteiger partial charge in [0.1, 0.15) is 0 Å². The zero-order valence-corrected chi connectivity index (χ0v) is 12.9. The van der Waals surface area contributed by atoms with Gasteiger partial charge in [-0.15, -0.1) is 0 Å². The summed E-state index contributed by atoms with van der Waals surface area (Å²) in [5.41, 5.74) is 5.51. The molecule has 2 aromatic carbocycles.